The first-order valence-electron chi connectivity index (χ1n) is 6.07. The zero-order valence-electron chi connectivity index (χ0n) is 11.0. The first-order valence-corrected chi connectivity index (χ1v) is 6.86. The Bertz CT molecular complexity index is 540. The number of ether oxygens (including phenoxy) is 2. The van der Waals surface area contributed by atoms with Crippen LogP contribution in [0.2, 0.25) is 0 Å². The Morgan fingerprint density at radius 2 is 1.95 bits per heavy atom. The van der Waals surface area contributed by atoms with E-state index in [0.29, 0.717) is 5.88 Å². The lowest BCUT2D eigenvalue weighted by Crippen LogP contribution is -1.95. The van der Waals surface area contributed by atoms with Crippen molar-refractivity contribution in [2.75, 3.05) is 13.7 Å². The van der Waals surface area contributed by atoms with Crippen LogP contribution < -0.4 is 4.74 Å². The average molecular weight is 322 g/mol. The predicted molar refractivity (Wildman–Crippen MR) is 78.8 cm³/mol. The van der Waals surface area contributed by atoms with Gasteiger partial charge in [0.05, 0.1) is 6.61 Å². The summed E-state index contributed by atoms with van der Waals surface area (Å²) in [5.41, 5.74) is 2.23. The molecular weight excluding hydrogens is 306 g/mol. The van der Waals surface area contributed by atoms with Crippen molar-refractivity contribution >= 4 is 15.9 Å². The molecule has 1 heterocycles. The molecule has 100 valence electrons. The van der Waals surface area contributed by atoms with E-state index in [9.17, 15) is 0 Å². The van der Waals surface area contributed by atoms with Crippen LogP contribution in [0.1, 0.15) is 11.1 Å². The summed E-state index contributed by atoms with van der Waals surface area (Å²) in [4.78, 5) is 4.26. The molecule has 0 spiro atoms. The highest BCUT2D eigenvalue weighted by molar-refractivity contribution is 9.10. The Kier molecular flexibility index (Phi) is 4.93. The van der Waals surface area contributed by atoms with Crippen LogP contribution in [0, 0.1) is 6.92 Å². The van der Waals surface area contributed by atoms with Crippen molar-refractivity contribution < 1.29 is 9.47 Å². The fourth-order valence-corrected chi connectivity index (χ4v) is 2.14. The molecule has 0 N–H and O–H groups in total. The number of benzene rings is 1. The van der Waals surface area contributed by atoms with E-state index in [2.05, 4.69) is 20.9 Å². The number of aromatic nitrogens is 1. The topological polar surface area (TPSA) is 31.4 Å². The standard InChI is InChI=1S/C15H16BrNO2/c1-11-9-13(16)10-17-15(11)19-14-5-3-12(4-6-14)7-8-18-2/h3-6,9-10H,7-8H2,1-2H3. The highest BCUT2D eigenvalue weighted by Crippen LogP contribution is 2.25. The Balaban J connectivity index is 2.06. The molecule has 2 aromatic rings. The Morgan fingerprint density at radius 1 is 1.21 bits per heavy atom. The third-order valence-electron chi connectivity index (χ3n) is 2.73. The number of halogens is 1. The maximum absolute atomic E-state index is 5.76. The van der Waals surface area contributed by atoms with Crippen LogP contribution in [0.3, 0.4) is 0 Å². The summed E-state index contributed by atoms with van der Waals surface area (Å²) in [6.45, 7) is 2.70. The number of nitrogens with zero attached hydrogens (tertiary/aromatic N) is 1. The first kappa shape index (κ1) is 14.0. The van der Waals surface area contributed by atoms with Gasteiger partial charge in [-0.05, 0) is 53.0 Å². The quantitative estimate of drug-likeness (QED) is 0.829. The molecule has 19 heavy (non-hydrogen) atoms. The molecule has 0 aliphatic heterocycles. The number of methoxy groups -OCH3 is 1. The zero-order valence-corrected chi connectivity index (χ0v) is 12.6. The van der Waals surface area contributed by atoms with E-state index in [4.69, 9.17) is 9.47 Å². The predicted octanol–water partition coefficient (Wildman–Crippen LogP) is 4.13. The van der Waals surface area contributed by atoms with Crippen LogP contribution in [0.25, 0.3) is 0 Å². The number of aryl methyl sites for hydroxylation is 1. The summed E-state index contributed by atoms with van der Waals surface area (Å²) < 4.78 is 11.8. The van der Waals surface area contributed by atoms with Gasteiger partial charge in [-0.25, -0.2) is 4.98 Å². The highest BCUT2D eigenvalue weighted by Gasteiger charge is 2.04. The van der Waals surface area contributed by atoms with Gasteiger partial charge < -0.3 is 9.47 Å². The minimum absolute atomic E-state index is 0.632. The number of hydrogen-bond donors (Lipinski definition) is 0. The Morgan fingerprint density at radius 3 is 2.58 bits per heavy atom. The van der Waals surface area contributed by atoms with Crippen LogP contribution in [-0.4, -0.2) is 18.7 Å². The SMILES string of the molecule is COCCc1ccc(Oc2ncc(Br)cc2C)cc1. The van der Waals surface area contributed by atoms with E-state index in [-0.39, 0.29) is 0 Å². The molecule has 3 nitrogen and oxygen atoms in total. The molecule has 0 fully saturated rings. The molecule has 0 saturated heterocycles. The largest absolute Gasteiger partial charge is 0.439 e. The van der Waals surface area contributed by atoms with E-state index in [1.54, 1.807) is 13.3 Å². The summed E-state index contributed by atoms with van der Waals surface area (Å²) in [7, 11) is 1.71. The highest BCUT2D eigenvalue weighted by atomic mass is 79.9. The average Bonchev–Trinajstić information content (AvgIpc) is 2.41. The Hall–Kier alpha value is -1.39. The van der Waals surface area contributed by atoms with Gasteiger partial charge in [0.1, 0.15) is 5.75 Å². The molecule has 2 rings (SSSR count). The van der Waals surface area contributed by atoms with Crippen molar-refractivity contribution in [1.82, 2.24) is 4.98 Å². The van der Waals surface area contributed by atoms with Gasteiger partial charge in [0.2, 0.25) is 5.88 Å². The molecule has 0 unspecified atom stereocenters. The van der Waals surface area contributed by atoms with Gasteiger partial charge in [-0.15, -0.1) is 0 Å². The summed E-state index contributed by atoms with van der Waals surface area (Å²) in [5.74, 6) is 1.42. The number of hydrogen-bond acceptors (Lipinski definition) is 3. The molecule has 0 bridgehead atoms. The third-order valence-corrected chi connectivity index (χ3v) is 3.16. The van der Waals surface area contributed by atoms with E-state index in [1.165, 1.54) is 5.56 Å². The zero-order chi connectivity index (χ0) is 13.7. The van der Waals surface area contributed by atoms with Gasteiger partial charge in [-0.3, -0.25) is 0 Å². The van der Waals surface area contributed by atoms with Gasteiger partial charge in [0, 0.05) is 23.3 Å². The first-order chi connectivity index (χ1) is 9.19. The summed E-state index contributed by atoms with van der Waals surface area (Å²) >= 11 is 3.39. The van der Waals surface area contributed by atoms with Gasteiger partial charge >= 0.3 is 0 Å². The lowest BCUT2D eigenvalue weighted by Gasteiger charge is -2.08. The minimum atomic E-state index is 0.632. The third kappa shape index (κ3) is 4.04. The lowest BCUT2D eigenvalue weighted by atomic mass is 10.1. The second-order valence-corrected chi connectivity index (χ2v) is 5.18. The maximum atomic E-state index is 5.76. The van der Waals surface area contributed by atoms with E-state index >= 15 is 0 Å². The minimum Gasteiger partial charge on any atom is -0.439 e. The molecule has 0 saturated carbocycles. The van der Waals surface area contributed by atoms with E-state index in [1.807, 2.05) is 37.3 Å². The monoisotopic (exact) mass is 321 g/mol. The lowest BCUT2D eigenvalue weighted by molar-refractivity contribution is 0.202. The van der Waals surface area contributed by atoms with Crippen molar-refractivity contribution in [2.45, 2.75) is 13.3 Å². The molecule has 0 aliphatic rings. The molecule has 1 aromatic heterocycles. The number of rotatable bonds is 5. The van der Waals surface area contributed by atoms with E-state index in [0.717, 1.165) is 28.8 Å². The molecule has 0 amide bonds. The second kappa shape index (κ2) is 6.68. The van der Waals surface area contributed by atoms with Crippen molar-refractivity contribution in [3.63, 3.8) is 0 Å². The van der Waals surface area contributed by atoms with Crippen LogP contribution in [0.4, 0.5) is 0 Å². The smallest absolute Gasteiger partial charge is 0.222 e. The summed E-state index contributed by atoms with van der Waals surface area (Å²) in [6.07, 6.45) is 2.64. The maximum Gasteiger partial charge on any atom is 0.222 e. The van der Waals surface area contributed by atoms with Crippen LogP contribution in [0.15, 0.2) is 41.0 Å². The van der Waals surface area contributed by atoms with Crippen LogP contribution >= 0.6 is 15.9 Å². The van der Waals surface area contributed by atoms with Crippen LogP contribution in [0.5, 0.6) is 11.6 Å². The van der Waals surface area contributed by atoms with Gasteiger partial charge in [-0.2, -0.15) is 0 Å². The van der Waals surface area contributed by atoms with Crippen LogP contribution in [-0.2, 0) is 11.2 Å². The summed E-state index contributed by atoms with van der Waals surface area (Å²) in [6, 6.07) is 9.97. The normalized spacial score (nSPS) is 10.5. The van der Waals surface area contributed by atoms with E-state index < -0.39 is 0 Å². The molecule has 4 heteroatoms. The number of pyridine rings is 1. The fraction of sp³-hybridized carbons (Fsp3) is 0.267. The Labute approximate surface area is 121 Å². The van der Waals surface area contributed by atoms with Gasteiger partial charge in [-0.1, -0.05) is 12.1 Å². The van der Waals surface area contributed by atoms with Gasteiger partial charge in [0.25, 0.3) is 0 Å². The molecule has 0 radical (unpaired) electrons. The molecule has 1 aromatic carbocycles. The summed E-state index contributed by atoms with van der Waals surface area (Å²) in [5, 5.41) is 0. The molecule has 0 atom stereocenters. The fourth-order valence-electron chi connectivity index (χ4n) is 1.69. The van der Waals surface area contributed by atoms with Crippen molar-refractivity contribution in [3.8, 4) is 11.6 Å². The van der Waals surface area contributed by atoms with Crippen molar-refractivity contribution in [2.24, 2.45) is 0 Å². The molecule has 0 aliphatic carbocycles. The molecular formula is C15H16BrNO2. The van der Waals surface area contributed by atoms with Crippen molar-refractivity contribution in [1.29, 1.82) is 0 Å². The van der Waals surface area contributed by atoms with Crippen molar-refractivity contribution in [3.05, 3.63) is 52.1 Å². The second-order valence-electron chi connectivity index (χ2n) is 4.26. The van der Waals surface area contributed by atoms with Gasteiger partial charge in [0.15, 0.2) is 0 Å².